The molecule has 0 radical (unpaired) electrons. The molecule has 2 bridgehead atoms. The number of nitrogens with zero attached hydrogens (tertiary/aromatic N) is 4. The van der Waals surface area contributed by atoms with Gasteiger partial charge in [0.05, 0.1) is 11.7 Å². The summed E-state index contributed by atoms with van der Waals surface area (Å²) in [4.78, 5) is 35.2. The second-order valence-corrected chi connectivity index (χ2v) is 9.58. The molecule has 164 valence electrons. The smallest absolute Gasteiger partial charge is 0.273 e. The third-order valence-corrected chi connectivity index (χ3v) is 7.36. The van der Waals surface area contributed by atoms with Crippen molar-refractivity contribution < 1.29 is 9.59 Å². The highest BCUT2D eigenvalue weighted by Crippen LogP contribution is 2.38. The van der Waals surface area contributed by atoms with Crippen LogP contribution in [-0.2, 0) is 17.8 Å². The van der Waals surface area contributed by atoms with Gasteiger partial charge < -0.3 is 14.4 Å². The van der Waals surface area contributed by atoms with Crippen LogP contribution in [0.3, 0.4) is 0 Å². The number of amides is 2. The normalized spacial score (nSPS) is 23.4. The van der Waals surface area contributed by atoms with Crippen molar-refractivity contribution in [2.75, 3.05) is 14.1 Å². The molecule has 2 amide bonds. The minimum Gasteiger partial charge on any atom is -0.343 e. The molecule has 0 N–H and O–H groups in total. The van der Waals surface area contributed by atoms with E-state index in [1.807, 2.05) is 30.3 Å². The summed E-state index contributed by atoms with van der Waals surface area (Å²) in [5.74, 6) is 1.32. The van der Waals surface area contributed by atoms with Crippen LogP contribution in [0.2, 0.25) is 0 Å². The van der Waals surface area contributed by atoms with Gasteiger partial charge in [0.1, 0.15) is 11.5 Å². The standard InChI is InChI=1S/C25H32N4O2/c1-27(2)25(31)22-21-15-19-13-14-20(29(19)24(30)18-11-7-4-8-12-18)16-28(21)23(26-22)17-9-5-3-6-10-17/h3,5-6,9-10,18-20H,4,7-8,11-16H2,1-2H3/t19-,20+/m0/s1. The number of rotatable bonds is 3. The zero-order chi connectivity index (χ0) is 21.5. The van der Waals surface area contributed by atoms with Crippen LogP contribution >= 0.6 is 0 Å². The van der Waals surface area contributed by atoms with Gasteiger partial charge in [0, 0.05) is 44.6 Å². The summed E-state index contributed by atoms with van der Waals surface area (Å²) in [5.41, 5.74) is 2.55. The number of imidazole rings is 1. The fraction of sp³-hybridized carbons (Fsp3) is 0.560. The van der Waals surface area contributed by atoms with Gasteiger partial charge in [0.2, 0.25) is 5.91 Å². The summed E-state index contributed by atoms with van der Waals surface area (Å²) in [6.45, 7) is 0.724. The Kier molecular flexibility index (Phi) is 5.32. The van der Waals surface area contributed by atoms with Gasteiger partial charge in [0.15, 0.2) is 0 Å². The molecular formula is C25H32N4O2. The Morgan fingerprint density at radius 2 is 1.68 bits per heavy atom. The van der Waals surface area contributed by atoms with Gasteiger partial charge in [-0.15, -0.1) is 0 Å². The molecule has 6 nitrogen and oxygen atoms in total. The Labute approximate surface area is 184 Å². The van der Waals surface area contributed by atoms with Crippen molar-refractivity contribution in [3.8, 4) is 11.4 Å². The highest BCUT2D eigenvalue weighted by atomic mass is 16.2. The highest BCUT2D eigenvalue weighted by molar-refractivity contribution is 5.94. The molecule has 2 aromatic rings. The molecule has 31 heavy (non-hydrogen) atoms. The van der Waals surface area contributed by atoms with E-state index in [-0.39, 0.29) is 23.9 Å². The summed E-state index contributed by atoms with van der Waals surface area (Å²) in [6, 6.07) is 10.5. The number of aromatic nitrogens is 2. The molecule has 3 heterocycles. The lowest BCUT2D eigenvalue weighted by Crippen LogP contribution is -2.45. The monoisotopic (exact) mass is 420 g/mol. The fourth-order valence-corrected chi connectivity index (χ4v) is 5.78. The van der Waals surface area contributed by atoms with Gasteiger partial charge >= 0.3 is 0 Å². The predicted molar refractivity (Wildman–Crippen MR) is 120 cm³/mol. The molecule has 0 unspecified atom stereocenters. The molecule has 1 saturated heterocycles. The van der Waals surface area contributed by atoms with Crippen molar-refractivity contribution in [1.82, 2.24) is 19.4 Å². The SMILES string of the molecule is CN(C)C(=O)c1nc(-c2ccccc2)n2c1C[C@@H]1CC[C@H](C2)N1C(=O)C1CCCCC1. The van der Waals surface area contributed by atoms with Crippen LogP contribution in [0.5, 0.6) is 0 Å². The van der Waals surface area contributed by atoms with E-state index >= 15 is 0 Å². The van der Waals surface area contributed by atoms with Gasteiger partial charge in [-0.2, -0.15) is 0 Å². The predicted octanol–water partition coefficient (Wildman–Crippen LogP) is 3.75. The number of carbonyl (C=O) groups is 2. The molecule has 1 aliphatic carbocycles. The van der Waals surface area contributed by atoms with Crippen LogP contribution in [0.25, 0.3) is 11.4 Å². The fourth-order valence-electron chi connectivity index (χ4n) is 5.78. The summed E-state index contributed by atoms with van der Waals surface area (Å²) < 4.78 is 2.23. The van der Waals surface area contributed by atoms with Crippen molar-refractivity contribution in [1.29, 1.82) is 0 Å². The first-order valence-corrected chi connectivity index (χ1v) is 11.7. The van der Waals surface area contributed by atoms with Gasteiger partial charge in [0.25, 0.3) is 5.91 Å². The van der Waals surface area contributed by atoms with Crippen LogP contribution in [0.15, 0.2) is 30.3 Å². The lowest BCUT2D eigenvalue weighted by molar-refractivity contribution is -0.139. The third kappa shape index (κ3) is 3.56. The van der Waals surface area contributed by atoms with Crippen LogP contribution in [0.4, 0.5) is 0 Å². The quantitative estimate of drug-likeness (QED) is 0.760. The van der Waals surface area contributed by atoms with Gasteiger partial charge in [-0.3, -0.25) is 9.59 Å². The zero-order valence-electron chi connectivity index (χ0n) is 18.6. The van der Waals surface area contributed by atoms with E-state index in [4.69, 9.17) is 4.98 Å². The summed E-state index contributed by atoms with van der Waals surface area (Å²) >= 11 is 0. The van der Waals surface area contributed by atoms with Gasteiger partial charge in [-0.05, 0) is 25.7 Å². The molecule has 5 rings (SSSR count). The van der Waals surface area contributed by atoms with Crippen molar-refractivity contribution >= 4 is 11.8 Å². The van der Waals surface area contributed by atoms with Gasteiger partial charge in [-0.1, -0.05) is 49.6 Å². The molecule has 0 spiro atoms. The first-order chi connectivity index (χ1) is 15.0. The molecule has 1 saturated carbocycles. The van der Waals surface area contributed by atoms with Crippen LogP contribution < -0.4 is 0 Å². The Morgan fingerprint density at radius 3 is 2.39 bits per heavy atom. The molecular weight excluding hydrogens is 388 g/mol. The zero-order valence-corrected chi connectivity index (χ0v) is 18.6. The van der Waals surface area contributed by atoms with Gasteiger partial charge in [-0.25, -0.2) is 4.98 Å². The number of fused-ring (bicyclic) bond motifs is 3. The van der Waals surface area contributed by atoms with Crippen LogP contribution in [0, 0.1) is 5.92 Å². The second-order valence-electron chi connectivity index (χ2n) is 9.58. The second kappa shape index (κ2) is 8.13. The third-order valence-electron chi connectivity index (χ3n) is 7.36. The highest BCUT2D eigenvalue weighted by Gasteiger charge is 2.44. The van der Waals surface area contributed by atoms with E-state index < -0.39 is 0 Å². The Balaban J connectivity index is 1.54. The lowest BCUT2D eigenvalue weighted by atomic mass is 9.88. The molecule has 2 fully saturated rings. The van der Waals surface area contributed by atoms with E-state index in [2.05, 4.69) is 9.47 Å². The first kappa shape index (κ1) is 20.3. The lowest BCUT2D eigenvalue weighted by Gasteiger charge is -2.33. The number of hydrogen-bond donors (Lipinski definition) is 0. The average Bonchev–Trinajstić information content (AvgIpc) is 3.29. The van der Waals surface area contributed by atoms with E-state index in [0.29, 0.717) is 18.0 Å². The largest absolute Gasteiger partial charge is 0.343 e. The maximum atomic E-state index is 13.5. The van der Waals surface area contributed by atoms with Crippen molar-refractivity contribution in [3.05, 3.63) is 41.7 Å². The summed E-state index contributed by atoms with van der Waals surface area (Å²) in [7, 11) is 3.55. The Hall–Kier alpha value is -2.63. The maximum Gasteiger partial charge on any atom is 0.273 e. The average molecular weight is 421 g/mol. The molecule has 6 heteroatoms. The van der Waals surface area contributed by atoms with Crippen molar-refractivity contribution in [2.45, 2.75) is 70.0 Å². The summed E-state index contributed by atoms with van der Waals surface area (Å²) in [6.07, 6.45) is 8.42. The minimum atomic E-state index is -0.0612. The molecule has 3 aliphatic rings. The van der Waals surface area contributed by atoms with Crippen molar-refractivity contribution in [2.24, 2.45) is 5.92 Å². The number of carbonyl (C=O) groups excluding carboxylic acids is 2. The molecule has 2 atom stereocenters. The topological polar surface area (TPSA) is 58.4 Å². The minimum absolute atomic E-state index is 0.0612. The Bertz CT molecular complexity index is 975. The Morgan fingerprint density at radius 1 is 0.968 bits per heavy atom. The summed E-state index contributed by atoms with van der Waals surface area (Å²) in [5, 5.41) is 0. The molecule has 1 aromatic heterocycles. The first-order valence-electron chi connectivity index (χ1n) is 11.7. The molecule has 2 aliphatic heterocycles. The van der Waals surface area contributed by atoms with E-state index in [1.165, 1.54) is 19.3 Å². The van der Waals surface area contributed by atoms with Crippen LogP contribution in [0.1, 0.15) is 61.1 Å². The van der Waals surface area contributed by atoms with E-state index in [9.17, 15) is 9.59 Å². The number of hydrogen-bond acceptors (Lipinski definition) is 3. The maximum absolute atomic E-state index is 13.5. The van der Waals surface area contributed by atoms with E-state index in [0.717, 1.165) is 49.3 Å². The van der Waals surface area contributed by atoms with Crippen LogP contribution in [-0.4, -0.2) is 57.3 Å². The molecule has 1 aromatic carbocycles. The van der Waals surface area contributed by atoms with E-state index in [1.54, 1.807) is 19.0 Å². The van der Waals surface area contributed by atoms with Crippen molar-refractivity contribution in [3.63, 3.8) is 0 Å². The number of benzene rings is 1.